The Bertz CT molecular complexity index is 1000. The highest BCUT2D eigenvalue weighted by molar-refractivity contribution is 7.89. The van der Waals surface area contributed by atoms with Gasteiger partial charge in [0, 0.05) is 13.1 Å². The van der Waals surface area contributed by atoms with Crippen LogP contribution in [0.25, 0.3) is 0 Å². The van der Waals surface area contributed by atoms with E-state index in [1.807, 2.05) is 18.2 Å². The number of carbonyl (C=O) groups excluding carboxylic acids is 1. The van der Waals surface area contributed by atoms with E-state index in [0.29, 0.717) is 25.1 Å². The van der Waals surface area contributed by atoms with Crippen LogP contribution in [0.4, 0.5) is 13.2 Å². The predicted octanol–water partition coefficient (Wildman–Crippen LogP) is 3.85. The number of alkyl halides is 3. The third-order valence-electron chi connectivity index (χ3n) is 5.48. The van der Waals surface area contributed by atoms with Crippen molar-refractivity contribution < 1.29 is 26.4 Å². The van der Waals surface area contributed by atoms with Crippen molar-refractivity contribution in [3.05, 3.63) is 65.7 Å². The van der Waals surface area contributed by atoms with E-state index in [2.05, 4.69) is 16.9 Å². The van der Waals surface area contributed by atoms with Gasteiger partial charge in [-0.2, -0.15) is 17.9 Å². The number of hydrogen-bond acceptors (Lipinski definition) is 3. The third-order valence-corrected chi connectivity index (χ3v) is 7.08. The molecule has 1 amide bonds. The number of nitrogens with zero attached hydrogens (tertiary/aromatic N) is 1. The first-order valence-electron chi connectivity index (χ1n) is 10.1. The normalized spacial score (nSPS) is 16.8. The highest BCUT2D eigenvalue weighted by Gasteiger charge is 2.38. The van der Waals surface area contributed by atoms with Gasteiger partial charge in [-0.25, -0.2) is 8.42 Å². The van der Waals surface area contributed by atoms with Crippen LogP contribution in [0.5, 0.6) is 0 Å². The molecule has 0 aromatic heterocycles. The smallest absolute Gasteiger partial charge is 0.341 e. The minimum atomic E-state index is -4.82. The lowest BCUT2D eigenvalue weighted by atomic mass is 9.90. The topological polar surface area (TPSA) is 66.5 Å². The number of rotatable bonds is 6. The van der Waals surface area contributed by atoms with Crippen LogP contribution in [-0.2, 0) is 27.4 Å². The molecule has 1 unspecified atom stereocenters. The lowest BCUT2D eigenvalue weighted by Crippen LogP contribution is -2.49. The fourth-order valence-corrected chi connectivity index (χ4v) is 5.28. The molecule has 1 N–H and O–H groups in total. The Morgan fingerprint density at radius 2 is 1.65 bits per heavy atom. The first-order chi connectivity index (χ1) is 14.6. The molecule has 1 saturated heterocycles. The monoisotopic (exact) mass is 454 g/mol. The Balaban J connectivity index is 1.61. The van der Waals surface area contributed by atoms with E-state index in [1.165, 1.54) is 18.6 Å². The molecule has 5 nitrogen and oxygen atoms in total. The van der Waals surface area contributed by atoms with Gasteiger partial charge < -0.3 is 4.90 Å². The van der Waals surface area contributed by atoms with Crippen molar-refractivity contribution >= 4 is 15.9 Å². The number of nitrogens with one attached hydrogen (secondary N) is 1. The average molecular weight is 455 g/mol. The lowest BCUT2D eigenvalue weighted by molar-refractivity contribution is -0.139. The van der Waals surface area contributed by atoms with E-state index < -0.39 is 38.6 Å². The average Bonchev–Trinajstić information content (AvgIpc) is 2.73. The second-order valence-corrected chi connectivity index (χ2v) is 9.48. The zero-order valence-electron chi connectivity index (χ0n) is 17.1. The lowest BCUT2D eigenvalue weighted by Gasteiger charge is -2.33. The minimum Gasteiger partial charge on any atom is -0.341 e. The number of likely N-dealkylation sites (tertiary alicyclic amines) is 1. The Kier molecular flexibility index (Phi) is 7.06. The summed E-state index contributed by atoms with van der Waals surface area (Å²) in [6, 6.07) is 12.8. The van der Waals surface area contributed by atoms with Gasteiger partial charge in [0.25, 0.3) is 0 Å². The van der Waals surface area contributed by atoms with Crippen LogP contribution in [-0.4, -0.2) is 38.4 Å². The van der Waals surface area contributed by atoms with Gasteiger partial charge in [0.15, 0.2) is 0 Å². The molecule has 1 aliphatic rings. The standard InChI is InChI=1S/C22H25F3N2O3S/c1-16(26-31(29,30)20-10-6-5-9-19(20)22(23,24)25)21(28)27-13-11-18(12-14-27)15-17-7-3-2-4-8-17/h2-10,16,18,26H,11-15H2,1H3. The molecule has 9 heteroatoms. The van der Waals surface area contributed by atoms with E-state index in [0.717, 1.165) is 31.4 Å². The zero-order chi connectivity index (χ0) is 22.6. The molecule has 168 valence electrons. The summed E-state index contributed by atoms with van der Waals surface area (Å²) in [6.45, 7) is 2.33. The zero-order valence-corrected chi connectivity index (χ0v) is 17.9. The van der Waals surface area contributed by atoms with Gasteiger partial charge >= 0.3 is 6.18 Å². The number of carbonyl (C=O) groups is 1. The summed E-state index contributed by atoms with van der Waals surface area (Å²) in [5, 5.41) is 0. The molecule has 3 rings (SSSR count). The number of amides is 1. The summed E-state index contributed by atoms with van der Waals surface area (Å²) in [5.74, 6) is -0.0108. The molecule has 0 radical (unpaired) electrons. The van der Waals surface area contributed by atoms with Crippen LogP contribution in [0.1, 0.15) is 30.9 Å². The van der Waals surface area contributed by atoms with Crippen LogP contribution in [0.2, 0.25) is 0 Å². The van der Waals surface area contributed by atoms with Crippen LogP contribution in [0, 0.1) is 5.92 Å². The van der Waals surface area contributed by atoms with E-state index >= 15 is 0 Å². The molecule has 1 aliphatic heterocycles. The maximum atomic E-state index is 13.2. The van der Waals surface area contributed by atoms with E-state index in [4.69, 9.17) is 0 Å². The summed E-state index contributed by atoms with van der Waals surface area (Å²) in [5.41, 5.74) is -0.0272. The maximum absolute atomic E-state index is 13.2. The van der Waals surface area contributed by atoms with Gasteiger partial charge in [-0.3, -0.25) is 4.79 Å². The molecule has 0 spiro atoms. The molecule has 1 fully saturated rings. The van der Waals surface area contributed by atoms with Crippen LogP contribution < -0.4 is 4.72 Å². The fourth-order valence-electron chi connectivity index (χ4n) is 3.86. The second-order valence-electron chi connectivity index (χ2n) is 7.80. The van der Waals surface area contributed by atoms with Crippen molar-refractivity contribution in [3.63, 3.8) is 0 Å². The Labute approximate surface area is 180 Å². The van der Waals surface area contributed by atoms with E-state index in [1.54, 1.807) is 4.90 Å². The van der Waals surface area contributed by atoms with Crippen molar-refractivity contribution in [2.75, 3.05) is 13.1 Å². The van der Waals surface area contributed by atoms with Gasteiger partial charge in [-0.15, -0.1) is 0 Å². The molecular weight excluding hydrogens is 429 g/mol. The van der Waals surface area contributed by atoms with Gasteiger partial charge in [-0.05, 0) is 49.8 Å². The quantitative estimate of drug-likeness (QED) is 0.721. The summed E-state index contributed by atoms with van der Waals surface area (Å²) < 4.78 is 66.8. The van der Waals surface area contributed by atoms with Crippen molar-refractivity contribution in [2.24, 2.45) is 5.92 Å². The molecule has 31 heavy (non-hydrogen) atoms. The number of sulfonamides is 1. The molecule has 1 heterocycles. The number of halogens is 3. The Morgan fingerprint density at radius 3 is 2.26 bits per heavy atom. The van der Waals surface area contributed by atoms with E-state index in [-0.39, 0.29) is 0 Å². The minimum absolute atomic E-state index is 0.428. The number of piperidine rings is 1. The van der Waals surface area contributed by atoms with Gasteiger partial charge in [0.1, 0.15) is 0 Å². The molecule has 2 aromatic rings. The molecule has 1 atom stereocenters. The summed E-state index contributed by atoms with van der Waals surface area (Å²) in [7, 11) is -4.53. The molecular formula is C22H25F3N2O3S. The number of hydrogen-bond donors (Lipinski definition) is 1. The summed E-state index contributed by atoms with van der Waals surface area (Å²) in [6.07, 6.45) is -2.33. The largest absolute Gasteiger partial charge is 0.417 e. The van der Waals surface area contributed by atoms with Crippen molar-refractivity contribution in [1.82, 2.24) is 9.62 Å². The molecule has 0 saturated carbocycles. The summed E-state index contributed by atoms with van der Waals surface area (Å²) in [4.78, 5) is 13.4. The highest BCUT2D eigenvalue weighted by Crippen LogP contribution is 2.34. The van der Waals surface area contributed by atoms with Crippen molar-refractivity contribution in [2.45, 2.75) is 43.3 Å². The van der Waals surface area contributed by atoms with E-state index in [9.17, 15) is 26.4 Å². The SMILES string of the molecule is CC(NS(=O)(=O)c1ccccc1C(F)(F)F)C(=O)N1CCC(Cc2ccccc2)CC1. The predicted molar refractivity (Wildman–Crippen MR) is 111 cm³/mol. The Hall–Kier alpha value is -2.39. The first-order valence-corrected chi connectivity index (χ1v) is 11.6. The van der Waals surface area contributed by atoms with Crippen molar-refractivity contribution in [3.8, 4) is 0 Å². The van der Waals surface area contributed by atoms with Gasteiger partial charge in [-0.1, -0.05) is 42.5 Å². The van der Waals surface area contributed by atoms with Crippen LogP contribution in [0.15, 0.2) is 59.5 Å². The molecule has 2 aromatic carbocycles. The van der Waals surface area contributed by atoms with Gasteiger partial charge in [0.2, 0.25) is 15.9 Å². The van der Waals surface area contributed by atoms with Crippen LogP contribution >= 0.6 is 0 Å². The van der Waals surface area contributed by atoms with Crippen molar-refractivity contribution in [1.29, 1.82) is 0 Å². The van der Waals surface area contributed by atoms with Gasteiger partial charge in [0.05, 0.1) is 16.5 Å². The Morgan fingerprint density at radius 1 is 1.06 bits per heavy atom. The third kappa shape index (κ3) is 5.86. The second kappa shape index (κ2) is 9.40. The highest BCUT2D eigenvalue weighted by atomic mass is 32.2. The van der Waals surface area contributed by atoms with Crippen LogP contribution in [0.3, 0.4) is 0 Å². The maximum Gasteiger partial charge on any atom is 0.417 e. The molecule has 0 aliphatic carbocycles. The first kappa shape index (κ1) is 23.3. The number of benzene rings is 2. The molecule has 0 bridgehead atoms. The summed E-state index contributed by atoms with van der Waals surface area (Å²) >= 11 is 0. The fraction of sp³-hybridized carbons (Fsp3) is 0.409.